The first-order valence-electron chi connectivity index (χ1n) is 3.07. The second-order valence-corrected chi connectivity index (χ2v) is 2.15. The van der Waals surface area contributed by atoms with Gasteiger partial charge in [0.2, 0.25) is 0 Å². The van der Waals surface area contributed by atoms with Crippen LogP contribution in [-0.2, 0) is 0 Å². The van der Waals surface area contributed by atoms with Crippen molar-refractivity contribution >= 4 is 6.08 Å². The quantitative estimate of drug-likeness (QED) is 0.488. The number of rotatable bonds is 0. The fourth-order valence-electron chi connectivity index (χ4n) is 1.07. The first-order chi connectivity index (χ1) is 4.47. The van der Waals surface area contributed by atoms with Crippen molar-refractivity contribution in [2.24, 2.45) is 0 Å². The molecule has 1 aliphatic carbocycles. The van der Waals surface area contributed by atoms with Crippen LogP contribution in [0.2, 0.25) is 0 Å². The molecule has 1 aliphatic rings. The molecule has 43 valence electrons. The van der Waals surface area contributed by atoms with Crippen molar-refractivity contribution in [3.8, 4) is 0 Å². The van der Waals surface area contributed by atoms with E-state index in [-0.39, 0.29) is 1.43 Å². The van der Waals surface area contributed by atoms with Gasteiger partial charge in [-0.15, -0.1) is 0 Å². The molecule has 0 spiro atoms. The summed E-state index contributed by atoms with van der Waals surface area (Å²) in [5.41, 5.74) is 2.66. The van der Waals surface area contributed by atoms with E-state index in [4.69, 9.17) is 0 Å². The van der Waals surface area contributed by atoms with Crippen LogP contribution in [0.4, 0.5) is 0 Å². The molecule has 0 N–H and O–H groups in total. The Morgan fingerprint density at radius 1 is 1.00 bits per heavy atom. The van der Waals surface area contributed by atoms with Crippen molar-refractivity contribution in [3.05, 3.63) is 47.9 Å². The molecule has 0 heterocycles. The van der Waals surface area contributed by atoms with E-state index in [0.29, 0.717) is 0 Å². The van der Waals surface area contributed by atoms with E-state index < -0.39 is 0 Å². The molecule has 0 amide bonds. The number of fused-ring (bicyclic) bond motifs is 1. The Labute approximate surface area is 56.3 Å². The first kappa shape index (κ1) is 4.80. The van der Waals surface area contributed by atoms with Crippen LogP contribution < -0.4 is 0 Å². The molecule has 0 aliphatic heterocycles. The molecule has 0 bridgehead atoms. The summed E-state index contributed by atoms with van der Waals surface area (Å²) >= 11 is 0. The summed E-state index contributed by atoms with van der Waals surface area (Å²) < 4.78 is 0. The standard InChI is InChI=1S/C9H7/c1-2-5-9-7-3-6-8(9)4-1/h1-7H/p+1. The minimum atomic E-state index is 0. The Balaban J connectivity index is 0.000000500. The molecule has 1 aromatic carbocycles. The van der Waals surface area contributed by atoms with Gasteiger partial charge in [-0.2, -0.15) is 0 Å². The molecule has 0 heteroatoms. The van der Waals surface area contributed by atoms with Gasteiger partial charge in [0.05, 0.1) is 0 Å². The van der Waals surface area contributed by atoms with Crippen molar-refractivity contribution in [2.75, 3.05) is 0 Å². The third-order valence-electron chi connectivity index (χ3n) is 1.55. The molecule has 0 aromatic heterocycles. The molecular weight excluding hydrogens is 108 g/mol. The molecule has 0 atom stereocenters. The fraction of sp³-hybridized carbons (Fsp3) is 0. The normalized spacial score (nSPS) is 13.8. The molecular formula is C9H8+. The van der Waals surface area contributed by atoms with Gasteiger partial charge in [0, 0.05) is 6.42 Å². The summed E-state index contributed by atoms with van der Waals surface area (Å²) in [5.74, 6) is 0. The predicted molar refractivity (Wildman–Crippen MR) is 40.0 cm³/mol. The Kier molecular flexibility index (Phi) is 0.922. The van der Waals surface area contributed by atoms with Gasteiger partial charge in [-0.25, -0.2) is 0 Å². The van der Waals surface area contributed by atoms with Gasteiger partial charge in [0.1, 0.15) is 0 Å². The van der Waals surface area contributed by atoms with Crippen molar-refractivity contribution < 1.29 is 1.43 Å². The highest BCUT2D eigenvalue weighted by molar-refractivity contribution is 5.64. The highest BCUT2D eigenvalue weighted by atomic mass is 14.0. The smallest absolute Gasteiger partial charge is 0.0755 e. The lowest BCUT2D eigenvalue weighted by molar-refractivity contribution is 1.55. The summed E-state index contributed by atoms with van der Waals surface area (Å²) in [4.78, 5) is 0. The molecule has 0 saturated carbocycles. The van der Waals surface area contributed by atoms with Crippen LogP contribution in [0.1, 0.15) is 12.6 Å². The molecule has 1 radical (unpaired) electrons. The molecule has 0 fully saturated rings. The molecule has 0 saturated heterocycles. The Bertz CT molecular complexity index is 251. The second kappa shape index (κ2) is 1.73. The van der Waals surface area contributed by atoms with Crippen molar-refractivity contribution in [2.45, 2.75) is 0 Å². The van der Waals surface area contributed by atoms with Gasteiger partial charge in [-0.3, -0.25) is 0 Å². The van der Waals surface area contributed by atoms with Gasteiger partial charge in [-0.1, -0.05) is 36.4 Å². The molecule has 2 rings (SSSR count). The summed E-state index contributed by atoms with van der Waals surface area (Å²) in [7, 11) is 0. The molecule has 0 nitrogen and oxygen atoms in total. The average molecular weight is 116 g/mol. The van der Waals surface area contributed by atoms with Crippen LogP contribution in [-0.4, -0.2) is 0 Å². The second-order valence-electron chi connectivity index (χ2n) is 2.15. The highest BCUT2D eigenvalue weighted by Gasteiger charge is 2.00. The van der Waals surface area contributed by atoms with Crippen LogP contribution >= 0.6 is 0 Å². The van der Waals surface area contributed by atoms with Crippen LogP contribution in [0.25, 0.3) is 6.08 Å². The maximum atomic E-state index is 2.12. The SMILES string of the molecule is [CH]1C=Cc2ccccc21.[H+]. The lowest BCUT2D eigenvalue weighted by Gasteiger charge is -1.92. The largest absolute Gasteiger partial charge is 1.00 e. The predicted octanol–water partition coefficient (Wildman–Crippen LogP) is 2.38. The zero-order chi connectivity index (χ0) is 6.10. The summed E-state index contributed by atoms with van der Waals surface area (Å²) in [6.07, 6.45) is 6.31. The van der Waals surface area contributed by atoms with Crippen molar-refractivity contribution in [3.63, 3.8) is 0 Å². The van der Waals surface area contributed by atoms with Crippen LogP contribution in [0.15, 0.2) is 30.3 Å². The van der Waals surface area contributed by atoms with E-state index >= 15 is 0 Å². The zero-order valence-corrected chi connectivity index (χ0v) is 5.04. The monoisotopic (exact) mass is 116 g/mol. The molecule has 1 aromatic rings. The Morgan fingerprint density at radius 2 is 1.78 bits per heavy atom. The lowest BCUT2D eigenvalue weighted by Crippen LogP contribution is -1.74. The van der Waals surface area contributed by atoms with Gasteiger partial charge in [0.15, 0.2) is 0 Å². The Morgan fingerprint density at radius 3 is 2.56 bits per heavy atom. The van der Waals surface area contributed by atoms with Crippen LogP contribution in [0.5, 0.6) is 0 Å². The maximum Gasteiger partial charge on any atom is 1.00 e. The topological polar surface area (TPSA) is 0 Å². The Hall–Kier alpha value is -1.04. The minimum Gasteiger partial charge on any atom is -0.0755 e. The maximum absolute atomic E-state index is 2.12. The first-order valence-corrected chi connectivity index (χ1v) is 3.07. The van der Waals surface area contributed by atoms with Gasteiger partial charge in [-0.05, 0) is 11.1 Å². The molecule has 9 heavy (non-hydrogen) atoms. The minimum absolute atomic E-state index is 0. The number of hydrogen-bond acceptors (Lipinski definition) is 0. The van der Waals surface area contributed by atoms with E-state index in [2.05, 4.69) is 42.8 Å². The van der Waals surface area contributed by atoms with E-state index in [1.54, 1.807) is 0 Å². The summed E-state index contributed by atoms with van der Waals surface area (Å²) in [6.45, 7) is 0. The van der Waals surface area contributed by atoms with Gasteiger partial charge < -0.3 is 0 Å². The number of benzene rings is 1. The van der Waals surface area contributed by atoms with E-state index in [0.717, 1.165) is 0 Å². The van der Waals surface area contributed by atoms with Crippen LogP contribution in [0.3, 0.4) is 0 Å². The zero-order valence-electron chi connectivity index (χ0n) is 6.04. The van der Waals surface area contributed by atoms with E-state index in [9.17, 15) is 0 Å². The van der Waals surface area contributed by atoms with Crippen molar-refractivity contribution in [1.29, 1.82) is 0 Å². The third-order valence-corrected chi connectivity index (χ3v) is 1.55. The third kappa shape index (κ3) is 0.672. The lowest BCUT2D eigenvalue weighted by atomic mass is 10.1. The van der Waals surface area contributed by atoms with Gasteiger partial charge >= 0.3 is 1.43 Å². The van der Waals surface area contributed by atoms with E-state index in [1.165, 1.54) is 11.1 Å². The highest BCUT2D eigenvalue weighted by Crippen LogP contribution is 2.19. The fourth-order valence-corrected chi connectivity index (χ4v) is 1.07. The van der Waals surface area contributed by atoms with Crippen LogP contribution in [0, 0.1) is 6.42 Å². The summed E-state index contributed by atoms with van der Waals surface area (Å²) in [5, 5.41) is 0. The number of allylic oxidation sites excluding steroid dienone is 1. The summed E-state index contributed by atoms with van der Waals surface area (Å²) in [6, 6.07) is 8.36. The van der Waals surface area contributed by atoms with E-state index in [1.807, 2.05) is 0 Å². The molecule has 0 unspecified atom stereocenters. The number of hydrogen-bond donors (Lipinski definition) is 0. The van der Waals surface area contributed by atoms with Gasteiger partial charge in [0.25, 0.3) is 0 Å². The average Bonchev–Trinajstić information content (AvgIpc) is 2.33. The van der Waals surface area contributed by atoms with Crippen molar-refractivity contribution in [1.82, 2.24) is 0 Å².